The Hall–Kier alpha value is -2.18. The van der Waals surface area contributed by atoms with E-state index in [1.54, 1.807) is 25.3 Å². The van der Waals surface area contributed by atoms with Crippen molar-refractivity contribution in [3.63, 3.8) is 0 Å². The van der Waals surface area contributed by atoms with E-state index >= 15 is 0 Å². The van der Waals surface area contributed by atoms with Gasteiger partial charge < -0.3 is 19.7 Å². The first-order valence-electron chi connectivity index (χ1n) is 7.60. The van der Waals surface area contributed by atoms with Gasteiger partial charge in [-0.05, 0) is 24.6 Å². The van der Waals surface area contributed by atoms with Crippen LogP contribution >= 0.6 is 23.4 Å². The molecule has 0 saturated heterocycles. The Labute approximate surface area is 155 Å². The third-order valence-electron chi connectivity index (χ3n) is 3.84. The second kappa shape index (κ2) is 7.37. The predicted molar refractivity (Wildman–Crippen MR) is 99.5 cm³/mol. The van der Waals surface area contributed by atoms with E-state index < -0.39 is 0 Å². The van der Waals surface area contributed by atoms with Crippen LogP contribution in [0.4, 0.5) is 0 Å². The van der Waals surface area contributed by atoms with Gasteiger partial charge in [0.05, 0.1) is 24.8 Å². The van der Waals surface area contributed by atoms with Gasteiger partial charge in [0.25, 0.3) is 0 Å². The van der Waals surface area contributed by atoms with Gasteiger partial charge in [-0.2, -0.15) is 0 Å². The van der Waals surface area contributed by atoms with E-state index in [-0.39, 0.29) is 17.0 Å². The zero-order chi connectivity index (χ0) is 18.0. The number of methoxy groups -OCH3 is 2. The molecular weight excluding hydrogens is 362 g/mol. The topological polar surface area (TPSA) is 63.9 Å². The van der Waals surface area contributed by atoms with Crippen LogP contribution in [0.15, 0.2) is 52.4 Å². The van der Waals surface area contributed by atoms with Gasteiger partial charge in [0.2, 0.25) is 5.88 Å². The second-order valence-corrected chi connectivity index (χ2v) is 7.12. The Morgan fingerprint density at radius 3 is 2.64 bits per heavy atom. The summed E-state index contributed by atoms with van der Waals surface area (Å²) in [6, 6.07) is 6.68. The molecule has 0 bridgehead atoms. The third-order valence-corrected chi connectivity index (χ3v) is 5.33. The summed E-state index contributed by atoms with van der Waals surface area (Å²) in [7, 11) is 3.08. The van der Waals surface area contributed by atoms with Crippen LogP contribution in [0.5, 0.6) is 23.3 Å². The highest BCUT2D eigenvalue weighted by atomic mass is 35.5. The lowest BCUT2D eigenvalue weighted by Gasteiger charge is -2.14. The minimum Gasteiger partial charge on any atom is -0.497 e. The fourth-order valence-electron chi connectivity index (χ4n) is 2.58. The maximum absolute atomic E-state index is 10.6. The molecule has 1 atom stereocenters. The average molecular weight is 380 g/mol. The van der Waals surface area contributed by atoms with Crippen LogP contribution in [0.2, 0.25) is 0 Å². The Balaban J connectivity index is 1.94. The van der Waals surface area contributed by atoms with Crippen LogP contribution in [0.1, 0.15) is 6.42 Å². The van der Waals surface area contributed by atoms with E-state index in [2.05, 4.69) is 0 Å². The second-order valence-electron chi connectivity index (χ2n) is 5.40. The van der Waals surface area contributed by atoms with E-state index in [9.17, 15) is 10.2 Å². The number of hydrogen-bond donors (Lipinski definition) is 2. The van der Waals surface area contributed by atoms with Crippen molar-refractivity contribution in [3.05, 3.63) is 47.5 Å². The maximum atomic E-state index is 10.6. The highest BCUT2D eigenvalue weighted by Gasteiger charge is 2.21. The lowest BCUT2D eigenvalue weighted by atomic mass is 10.2. The lowest BCUT2D eigenvalue weighted by Crippen LogP contribution is -2.00. The molecule has 1 aliphatic rings. The van der Waals surface area contributed by atoms with Crippen molar-refractivity contribution < 1.29 is 19.7 Å². The number of benzene rings is 1. The van der Waals surface area contributed by atoms with Gasteiger partial charge in [-0.15, -0.1) is 11.8 Å². The van der Waals surface area contributed by atoms with Gasteiger partial charge in [-0.25, -0.2) is 4.57 Å². The number of rotatable bonds is 5. The summed E-state index contributed by atoms with van der Waals surface area (Å²) in [4.78, 5) is 0.580. The molecule has 5 nitrogen and oxygen atoms in total. The first kappa shape index (κ1) is 17.6. The molecule has 1 heterocycles. The lowest BCUT2D eigenvalue weighted by molar-refractivity contribution is 0.378. The first-order valence-corrected chi connectivity index (χ1v) is 8.86. The van der Waals surface area contributed by atoms with Gasteiger partial charge in [0.1, 0.15) is 11.5 Å². The molecule has 0 radical (unpaired) electrons. The molecule has 25 heavy (non-hydrogen) atoms. The number of ether oxygens (including phenoxy) is 2. The Morgan fingerprint density at radius 1 is 1.20 bits per heavy atom. The van der Waals surface area contributed by atoms with Crippen LogP contribution in [-0.4, -0.2) is 34.2 Å². The maximum Gasteiger partial charge on any atom is 0.212 e. The van der Waals surface area contributed by atoms with E-state index in [4.69, 9.17) is 21.1 Å². The van der Waals surface area contributed by atoms with Crippen molar-refractivity contribution >= 4 is 23.4 Å². The minimum atomic E-state index is -0.0724. The van der Waals surface area contributed by atoms with Gasteiger partial charge in [0, 0.05) is 22.4 Å². The molecule has 1 aromatic heterocycles. The van der Waals surface area contributed by atoms with Crippen LogP contribution in [-0.2, 0) is 0 Å². The molecule has 2 N–H and O–H groups in total. The zero-order valence-corrected chi connectivity index (χ0v) is 15.3. The van der Waals surface area contributed by atoms with E-state index in [0.29, 0.717) is 27.1 Å². The van der Waals surface area contributed by atoms with Gasteiger partial charge >= 0.3 is 0 Å². The number of hydrogen-bond acceptors (Lipinski definition) is 5. The van der Waals surface area contributed by atoms with E-state index in [0.717, 1.165) is 6.42 Å². The van der Waals surface area contributed by atoms with Crippen molar-refractivity contribution in [3.8, 4) is 28.9 Å². The Kier molecular flexibility index (Phi) is 5.20. The normalized spacial score (nSPS) is 16.6. The summed E-state index contributed by atoms with van der Waals surface area (Å²) in [6.45, 7) is 0. The van der Waals surface area contributed by atoms with Crippen molar-refractivity contribution in [1.82, 2.24) is 4.57 Å². The van der Waals surface area contributed by atoms with Crippen molar-refractivity contribution in [2.24, 2.45) is 0 Å². The van der Waals surface area contributed by atoms with Gasteiger partial charge in [-0.1, -0.05) is 23.8 Å². The van der Waals surface area contributed by atoms with E-state index in [1.807, 2.05) is 18.2 Å². The molecule has 132 valence electrons. The third kappa shape index (κ3) is 3.60. The van der Waals surface area contributed by atoms with Crippen LogP contribution in [0.25, 0.3) is 5.69 Å². The molecule has 0 spiro atoms. The summed E-state index contributed by atoms with van der Waals surface area (Å²) in [5.41, 5.74) is 0.521. The first-order chi connectivity index (χ1) is 12.0. The fraction of sp³-hybridized carbons (Fsp3) is 0.222. The summed E-state index contributed by atoms with van der Waals surface area (Å²) in [5, 5.41) is 21.8. The number of allylic oxidation sites excluding steroid dienone is 3. The van der Waals surface area contributed by atoms with Crippen LogP contribution in [0, 0.1) is 0 Å². The van der Waals surface area contributed by atoms with Crippen molar-refractivity contribution in [2.75, 3.05) is 14.2 Å². The molecule has 3 rings (SSSR count). The fourth-order valence-corrected chi connectivity index (χ4v) is 3.79. The molecule has 0 aliphatic heterocycles. The highest BCUT2D eigenvalue weighted by Crippen LogP contribution is 2.43. The summed E-state index contributed by atoms with van der Waals surface area (Å²) >= 11 is 7.39. The van der Waals surface area contributed by atoms with Crippen molar-refractivity contribution in [2.45, 2.75) is 16.6 Å². The molecule has 1 aliphatic carbocycles. The van der Waals surface area contributed by atoms with E-state index in [1.165, 1.54) is 29.5 Å². The van der Waals surface area contributed by atoms with Gasteiger partial charge in [0.15, 0.2) is 5.88 Å². The molecular formula is C18H18ClNO4S. The van der Waals surface area contributed by atoms with Crippen LogP contribution in [0.3, 0.4) is 0 Å². The number of nitrogens with zero attached hydrogens (tertiary/aromatic N) is 1. The van der Waals surface area contributed by atoms with Crippen molar-refractivity contribution in [1.29, 1.82) is 0 Å². The summed E-state index contributed by atoms with van der Waals surface area (Å²) < 4.78 is 11.9. The minimum absolute atomic E-state index is 0.0417. The Morgan fingerprint density at radius 2 is 2.00 bits per heavy atom. The molecule has 0 fully saturated rings. The molecule has 2 aromatic rings. The smallest absolute Gasteiger partial charge is 0.212 e. The quantitative estimate of drug-likeness (QED) is 0.803. The highest BCUT2D eigenvalue weighted by molar-refractivity contribution is 8.00. The summed E-state index contributed by atoms with van der Waals surface area (Å²) in [6.07, 6.45) is 6.51. The largest absolute Gasteiger partial charge is 0.497 e. The number of thioether (sulfide) groups is 1. The monoisotopic (exact) mass is 379 g/mol. The number of aromatic hydroxyl groups is 2. The predicted octanol–water partition coefficient (Wildman–Crippen LogP) is 4.45. The molecule has 0 amide bonds. The molecule has 0 saturated carbocycles. The van der Waals surface area contributed by atoms with Gasteiger partial charge in [-0.3, -0.25) is 0 Å². The molecule has 1 unspecified atom stereocenters. The molecule has 7 heteroatoms. The summed E-state index contributed by atoms with van der Waals surface area (Å²) in [5.74, 6) is 0.985. The number of halogens is 1. The Bertz CT molecular complexity index is 844. The SMILES string of the molecule is COc1ccc(-n2c(O)cc(SC3C=CC(Cl)=CC3)c2O)c(OC)c1. The van der Waals surface area contributed by atoms with Crippen LogP contribution < -0.4 is 9.47 Å². The zero-order valence-electron chi connectivity index (χ0n) is 13.8. The molecule has 1 aromatic carbocycles. The number of aromatic nitrogens is 1. The standard InChI is InChI=1S/C18H18ClNO4S/c1-23-12-5-8-14(15(9-12)24-2)20-17(21)10-16(18(20)22)25-13-6-3-11(19)4-7-13/h3-6,8-10,13,21-22H,7H2,1-2H3. The average Bonchev–Trinajstić information content (AvgIpc) is 2.90.